The van der Waals surface area contributed by atoms with Gasteiger partial charge in [0.15, 0.2) is 0 Å². The highest BCUT2D eigenvalue weighted by Crippen LogP contribution is 2.10. The summed E-state index contributed by atoms with van der Waals surface area (Å²) in [7, 11) is -1.41. The Balaban J connectivity index is 2.43. The average molecular weight is 203 g/mol. The quantitative estimate of drug-likeness (QED) is 0.745. The molecule has 0 spiro atoms. The Morgan fingerprint density at radius 3 is 2.73 bits per heavy atom. The van der Waals surface area contributed by atoms with Gasteiger partial charge in [-0.3, -0.25) is 9.36 Å². The van der Waals surface area contributed by atoms with Crippen LogP contribution in [0.15, 0.2) is 53.5 Å². The van der Waals surface area contributed by atoms with Crippen LogP contribution in [-0.2, 0) is 0 Å². The molecule has 2 aromatic rings. The van der Waals surface area contributed by atoms with E-state index >= 15 is 0 Å². The van der Waals surface area contributed by atoms with Gasteiger partial charge in [0.2, 0.25) is 0 Å². The van der Waals surface area contributed by atoms with Gasteiger partial charge in [0.05, 0.1) is 16.0 Å². The number of rotatable bonds is 2. The Kier molecular flexibility index (Phi) is 1.94. The van der Waals surface area contributed by atoms with Gasteiger partial charge >= 0.3 is 0 Å². The molecule has 76 valence electrons. The lowest BCUT2D eigenvalue weighted by atomic mass is 10.3. The van der Waals surface area contributed by atoms with Gasteiger partial charge in [-0.05, 0) is 18.2 Å². The first-order chi connectivity index (χ1) is 8.16. The zero-order valence-electron chi connectivity index (χ0n) is 9.96. The Bertz CT molecular complexity index is 552. The second-order valence-electron chi connectivity index (χ2n) is 3.03. The molecule has 0 atom stereocenters. The first-order valence-corrected chi connectivity index (χ1v) is 4.46. The molecule has 1 aromatic carbocycles. The summed E-state index contributed by atoms with van der Waals surface area (Å²) < 4.78 is 20.3. The van der Waals surface area contributed by atoms with E-state index in [2.05, 4.69) is 0 Å². The van der Waals surface area contributed by atoms with Crippen LogP contribution in [0.3, 0.4) is 0 Å². The van der Waals surface area contributed by atoms with Crippen LogP contribution in [0.2, 0.25) is 0 Å². The highest BCUT2D eigenvalue weighted by molar-refractivity contribution is 5.33. The number of aromatic nitrogens is 1. The maximum Gasteiger partial charge on any atom is 0.255 e. The minimum absolute atomic E-state index is 0.185. The monoisotopic (exact) mass is 203 g/mol. The number of benzene rings is 1. The minimum Gasteiger partial charge on any atom is -0.495 e. The van der Waals surface area contributed by atoms with Gasteiger partial charge in [0.1, 0.15) is 5.75 Å². The molecule has 1 aromatic heterocycles. The minimum atomic E-state index is -1.41. The number of nitrogens with zero attached hydrogens (tertiary/aromatic N) is 1. The summed E-state index contributed by atoms with van der Waals surface area (Å²) in [5.41, 5.74) is 0.532. The highest BCUT2D eigenvalue weighted by Gasteiger charge is 1.99. The Hall–Kier alpha value is -2.03. The van der Waals surface area contributed by atoms with Crippen molar-refractivity contribution in [3.05, 3.63) is 59.0 Å². The average Bonchev–Trinajstić information content (AvgIpc) is 2.32. The molecule has 15 heavy (non-hydrogen) atoms. The molecule has 0 aliphatic carbocycles. The third-order valence-corrected chi connectivity index (χ3v) is 2.05. The van der Waals surface area contributed by atoms with Crippen LogP contribution in [-0.4, -0.2) is 11.6 Å². The van der Waals surface area contributed by atoms with Crippen LogP contribution >= 0.6 is 0 Å². The van der Waals surface area contributed by atoms with E-state index in [0.717, 1.165) is 5.69 Å². The summed E-state index contributed by atoms with van der Waals surface area (Å²) in [6, 6.07) is 11.9. The van der Waals surface area contributed by atoms with E-state index in [1.165, 1.54) is 22.9 Å². The molecule has 0 aliphatic heterocycles. The van der Waals surface area contributed by atoms with E-state index in [1.807, 2.05) is 18.2 Å². The van der Waals surface area contributed by atoms with Gasteiger partial charge in [-0.2, -0.15) is 0 Å². The van der Waals surface area contributed by atoms with Crippen LogP contribution in [0.1, 0.15) is 2.74 Å². The summed E-state index contributed by atoms with van der Waals surface area (Å²) in [6.07, 6.45) is 1.48. The van der Waals surface area contributed by atoms with Crippen LogP contribution in [0.25, 0.3) is 5.69 Å². The van der Waals surface area contributed by atoms with Crippen molar-refractivity contribution in [3.8, 4) is 11.4 Å². The second-order valence-corrected chi connectivity index (χ2v) is 3.03. The van der Waals surface area contributed by atoms with E-state index < -0.39 is 7.06 Å². The molecule has 0 aliphatic rings. The van der Waals surface area contributed by atoms with Crippen LogP contribution in [0.5, 0.6) is 5.75 Å². The number of hydrogen-bond donors (Lipinski definition) is 0. The molecule has 0 N–H and O–H groups in total. The first kappa shape index (κ1) is 7.29. The number of pyridine rings is 1. The largest absolute Gasteiger partial charge is 0.495 e. The molecule has 3 nitrogen and oxygen atoms in total. The van der Waals surface area contributed by atoms with Crippen molar-refractivity contribution >= 4 is 0 Å². The van der Waals surface area contributed by atoms with Crippen molar-refractivity contribution in [2.45, 2.75) is 0 Å². The number of ether oxygens (including phenoxy) is 1. The smallest absolute Gasteiger partial charge is 0.255 e. The Labute approximate surface area is 90.4 Å². The van der Waals surface area contributed by atoms with Crippen LogP contribution in [0.4, 0.5) is 0 Å². The van der Waals surface area contributed by atoms with Gasteiger partial charge in [-0.1, -0.05) is 18.2 Å². The van der Waals surface area contributed by atoms with Crippen molar-refractivity contribution in [2.24, 2.45) is 0 Å². The molecular weight excluding hydrogens is 190 g/mol. The zero-order chi connectivity index (χ0) is 12.3. The maximum absolute atomic E-state index is 11.7. The van der Waals surface area contributed by atoms with Crippen LogP contribution < -0.4 is 10.3 Å². The van der Waals surface area contributed by atoms with Gasteiger partial charge in [0, 0.05) is 11.8 Å². The van der Waals surface area contributed by atoms with Crippen molar-refractivity contribution < 1.29 is 7.48 Å². The predicted molar refractivity (Wildman–Crippen MR) is 58.6 cm³/mol. The van der Waals surface area contributed by atoms with E-state index in [0.29, 0.717) is 5.75 Å². The van der Waals surface area contributed by atoms with Crippen molar-refractivity contribution in [2.75, 3.05) is 7.06 Å². The summed E-state index contributed by atoms with van der Waals surface area (Å²) >= 11 is 0. The molecule has 0 saturated heterocycles. The SMILES string of the molecule is [2H]C([2H])Oc1ccc(=O)n(-c2ccccc2)c1. The van der Waals surface area contributed by atoms with E-state index in [4.69, 9.17) is 7.48 Å². The second kappa shape index (κ2) is 4.00. The molecule has 0 unspecified atom stereocenters. The van der Waals surface area contributed by atoms with Gasteiger partial charge in [0.25, 0.3) is 5.56 Å². The number of methoxy groups -OCH3 is 1. The highest BCUT2D eigenvalue weighted by atomic mass is 16.5. The number of para-hydroxylation sites is 1. The molecule has 0 amide bonds. The molecule has 3 heteroatoms. The summed E-state index contributed by atoms with van der Waals surface area (Å²) in [4.78, 5) is 11.7. The third kappa shape index (κ3) is 1.91. The normalized spacial score (nSPS) is 12.1. The standard InChI is InChI=1S/C12H11NO2/c1-15-11-7-8-12(14)13(9-11)10-5-3-2-4-6-10/h2-9H,1H3/i1D2. The van der Waals surface area contributed by atoms with Gasteiger partial charge < -0.3 is 4.74 Å². The maximum atomic E-state index is 11.7. The van der Waals surface area contributed by atoms with Crippen molar-refractivity contribution in [3.63, 3.8) is 0 Å². The van der Waals surface area contributed by atoms with Crippen molar-refractivity contribution in [1.82, 2.24) is 4.57 Å². The molecule has 0 fully saturated rings. The molecule has 0 saturated carbocycles. The van der Waals surface area contributed by atoms with E-state index in [1.54, 1.807) is 12.1 Å². The summed E-state index contributed by atoms with van der Waals surface area (Å²) in [5, 5.41) is 0. The third-order valence-electron chi connectivity index (χ3n) is 2.05. The van der Waals surface area contributed by atoms with E-state index in [-0.39, 0.29) is 5.56 Å². The Morgan fingerprint density at radius 1 is 1.20 bits per heavy atom. The van der Waals surface area contributed by atoms with Gasteiger partial charge in [-0.25, -0.2) is 0 Å². The lowest BCUT2D eigenvalue weighted by molar-refractivity contribution is 0.411. The Morgan fingerprint density at radius 2 is 2.00 bits per heavy atom. The molecular formula is C12H11NO2. The lowest BCUT2D eigenvalue weighted by Crippen LogP contribution is -2.16. The fourth-order valence-corrected chi connectivity index (χ4v) is 1.33. The van der Waals surface area contributed by atoms with Crippen molar-refractivity contribution in [1.29, 1.82) is 0 Å². The zero-order valence-corrected chi connectivity index (χ0v) is 7.96. The molecule has 2 rings (SSSR count). The molecule has 0 bridgehead atoms. The van der Waals surface area contributed by atoms with Gasteiger partial charge in [-0.15, -0.1) is 0 Å². The van der Waals surface area contributed by atoms with E-state index in [9.17, 15) is 4.79 Å². The summed E-state index contributed by atoms with van der Waals surface area (Å²) in [6.45, 7) is 0. The van der Waals surface area contributed by atoms with Crippen LogP contribution in [0, 0.1) is 0 Å². The summed E-state index contributed by atoms with van der Waals surface area (Å²) in [5.74, 6) is 0.323. The lowest BCUT2D eigenvalue weighted by Gasteiger charge is -2.06. The fraction of sp³-hybridized carbons (Fsp3) is 0.0833. The molecule has 1 heterocycles. The predicted octanol–water partition coefficient (Wildman–Crippen LogP) is 1.85. The topological polar surface area (TPSA) is 31.2 Å². The number of hydrogen-bond acceptors (Lipinski definition) is 2. The fourth-order valence-electron chi connectivity index (χ4n) is 1.33. The molecule has 0 radical (unpaired) electrons. The first-order valence-electron chi connectivity index (χ1n) is 5.61.